The van der Waals surface area contributed by atoms with Gasteiger partial charge in [0.25, 0.3) is 5.91 Å². The monoisotopic (exact) mass is 419 g/mol. The number of benzene rings is 2. The molecule has 0 aliphatic rings. The molecule has 0 aromatic heterocycles. The first kappa shape index (κ1) is 22.8. The number of nitrogens with zero attached hydrogens (tertiary/aromatic N) is 1. The highest BCUT2D eigenvalue weighted by molar-refractivity contribution is 6.33. The summed E-state index contributed by atoms with van der Waals surface area (Å²) in [5.41, 5.74) is 1.08. The van der Waals surface area contributed by atoms with E-state index in [4.69, 9.17) is 11.6 Å². The molecule has 29 heavy (non-hydrogen) atoms. The molecule has 2 rings (SSSR count). The molecular formula is C22H27ClFN3O2. The average Bonchev–Trinajstić information content (AvgIpc) is 2.65. The maximum absolute atomic E-state index is 13.6. The minimum absolute atomic E-state index is 0.131. The number of hydrogen-bond donors (Lipinski definition) is 2. The number of rotatable bonds is 8. The van der Waals surface area contributed by atoms with E-state index in [-0.39, 0.29) is 30.2 Å². The van der Waals surface area contributed by atoms with E-state index in [0.717, 1.165) is 5.56 Å². The van der Waals surface area contributed by atoms with Gasteiger partial charge in [0.15, 0.2) is 0 Å². The SMILES string of the molecule is CC(C)[C@@H](NC(=O)c1ccccc1Cl)C(=O)NC[C@H](c1cccc(F)c1)N(C)C. The number of likely N-dealkylation sites (N-methyl/N-ethyl adjacent to an activating group) is 1. The summed E-state index contributed by atoms with van der Waals surface area (Å²) >= 11 is 6.08. The van der Waals surface area contributed by atoms with Gasteiger partial charge in [0, 0.05) is 6.54 Å². The van der Waals surface area contributed by atoms with E-state index < -0.39 is 11.9 Å². The predicted molar refractivity (Wildman–Crippen MR) is 113 cm³/mol. The summed E-state index contributed by atoms with van der Waals surface area (Å²) in [6.07, 6.45) is 0. The van der Waals surface area contributed by atoms with Crippen LogP contribution in [-0.4, -0.2) is 43.4 Å². The molecule has 0 radical (unpaired) electrons. The van der Waals surface area contributed by atoms with Crippen LogP contribution in [0.25, 0.3) is 0 Å². The van der Waals surface area contributed by atoms with Gasteiger partial charge in [0.05, 0.1) is 16.6 Å². The first-order chi connectivity index (χ1) is 13.7. The van der Waals surface area contributed by atoms with Crippen LogP contribution in [0.5, 0.6) is 0 Å². The maximum Gasteiger partial charge on any atom is 0.253 e. The molecule has 5 nitrogen and oxygen atoms in total. The van der Waals surface area contributed by atoms with Crippen LogP contribution in [0.2, 0.25) is 5.02 Å². The van der Waals surface area contributed by atoms with Crippen molar-refractivity contribution in [2.24, 2.45) is 5.92 Å². The second-order valence-electron chi connectivity index (χ2n) is 7.45. The highest BCUT2D eigenvalue weighted by atomic mass is 35.5. The lowest BCUT2D eigenvalue weighted by molar-refractivity contribution is -0.124. The van der Waals surface area contributed by atoms with Gasteiger partial charge in [-0.25, -0.2) is 4.39 Å². The van der Waals surface area contributed by atoms with E-state index in [1.54, 1.807) is 30.3 Å². The van der Waals surface area contributed by atoms with Crippen LogP contribution < -0.4 is 10.6 Å². The molecule has 2 amide bonds. The Morgan fingerprint density at radius 3 is 2.38 bits per heavy atom. The zero-order chi connectivity index (χ0) is 21.6. The molecular weight excluding hydrogens is 393 g/mol. The van der Waals surface area contributed by atoms with Crippen LogP contribution >= 0.6 is 11.6 Å². The fourth-order valence-corrected chi connectivity index (χ4v) is 3.24. The first-order valence-corrected chi connectivity index (χ1v) is 9.83. The minimum Gasteiger partial charge on any atom is -0.352 e. The van der Waals surface area contributed by atoms with Crippen molar-refractivity contribution in [2.75, 3.05) is 20.6 Å². The summed E-state index contributed by atoms with van der Waals surface area (Å²) in [4.78, 5) is 27.3. The number of halogens is 2. The van der Waals surface area contributed by atoms with Gasteiger partial charge < -0.3 is 15.5 Å². The van der Waals surface area contributed by atoms with Crippen molar-refractivity contribution in [3.63, 3.8) is 0 Å². The third kappa shape index (κ3) is 6.27. The van der Waals surface area contributed by atoms with E-state index >= 15 is 0 Å². The molecule has 156 valence electrons. The van der Waals surface area contributed by atoms with Gasteiger partial charge in [-0.15, -0.1) is 0 Å². The van der Waals surface area contributed by atoms with Crippen molar-refractivity contribution in [3.8, 4) is 0 Å². The van der Waals surface area contributed by atoms with E-state index in [1.165, 1.54) is 12.1 Å². The Labute approximate surface area is 176 Å². The third-order valence-electron chi connectivity index (χ3n) is 4.68. The van der Waals surface area contributed by atoms with Gasteiger partial charge in [-0.05, 0) is 49.8 Å². The Balaban J connectivity index is 2.08. The summed E-state index contributed by atoms with van der Waals surface area (Å²) in [6, 6.07) is 12.1. The minimum atomic E-state index is -0.728. The smallest absolute Gasteiger partial charge is 0.253 e. The van der Waals surface area contributed by atoms with Crippen molar-refractivity contribution >= 4 is 23.4 Å². The fourth-order valence-electron chi connectivity index (χ4n) is 3.02. The molecule has 0 spiro atoms. The molecule has 0 saturated heterocycles. The number of hydrogen-bond acceptors (Lipinski definition) is 3. The molecule has 0 fully saturated rings. The number of carbonyl (C=O) groups excluding carboxylic acids is 2. The predicted octanol–water partition coefficient (Wildman–Crippen LogP) is 3.65. The van der Waals surface area contributed by atoms with E-state index in [0.29, 0.717) is 10.6 Å². The molecule has 0 unspecified atom stereocenters. The van der Waals surface area contributed by atoms with Gasteiger partial charge in [-0.2, -0.15) is 0 Å². The van der Waals surface area contributed by atoms with E-state index in [1.807, 2.05) is 38.9 Å². The average molecular weight is 420 g/mol. The summed E-state index contributed by atoms with van der Waals surface area (Å²) < 4.78 is 13.6. The molecule has 7 heteroatoms. The van der Waals surface area contributed by atoms with Crippen LogP contribution in [0.3, 0.4) is 0 Å². The molecule has 0 aliphatic carbocycles. The fraction of sp³-hybridized carbons (Fsp3) is 0.364. The zero-order valence-corrected chi connectivity index (χ0v) is 17.8. The largest absolute Gasteiger partial charge is 0.352 e. The van der Waals surface area contributed by atoms with E-state index in [9.17, 15) is 14.0 Å². The van der Waals surface area contributed by atoms with Crippen molar-refractivity contribution in [1.82, 2.24) is 15.5 Å². The van der Waals surface area contributed by atoms with Crippen LogP contribution in [0.1, 0.15) is 35.8 Å². The lowest BCUT2D eigenvalue weighted by Gasteiger charge is -2.27. The van der Waals surface area contributed by atoms with Crippen molar-refractivity contribution in [1.29, 1.82) is 0 Å². The normalized spacial score (nSPS) is 13.2. The van der Waals surface area contributed by atoms with Crippen molar-refractivity contribution < 1.29 is 14.0 Å². The highest BCUT2D eigenvalue weighted by Gasteiger charge is 2.26. The van der Waals surface area contributed by atoms with Crippen LogP contribution in [0, 0.1) is 11.7 Å². The lowest BCUT2D eigenvalue weighted by Crippen LogP contribution is -2.51. The molecule has 0 heterocycles. The maximum atomic E-state index is 13.6. The first-order valence-electron chi connectivity index (χ1n) is 9.45. The Morgan fingerprint density at radius 1 is 1.10 bits per heavy atom. The van der Waals surface area contributed by atoms with Crippen molar-refractivity contribution in [3.05, 3.63) is 70.5 Å². The Bertz CT molecular complexity index is 857. The number of nitrogens with one attached hydrogen (secondary N) is 2. The van der Waals surface area contributed by atoms with Gasteiger partial charge in [0.1, 0.15) is 11.9 Å². The lowest BCUT2D eigenvalue weighted by atomic mass is 10.0. The van der Waals surface area contributed by atoms with E-state index in [2.05, 4.69) is 10.6 Å². The molecule has 2 N–H and O–H groups in total. The summed E-state index contributed by atoms with van der Waals surface area (Å²) in [5, 5.41) is 5.98. The molecule has 0 aliphatic heterocycles. The molecule has 2 aromatic carbocycles. The Hall–Kier alpha value is -2.44. The number of carbonyl (C=O) groups is 2. The quantitative estimate of drug-likeness (QED) is 0.686. The standard InChI is InChI=1S/C22H27ClFN3O2/c1-14(2)20(26-21(28)17-10-5-6-11-18(17)23)22(29)25-13-19(27(3)4)15-8-7-9-16(24)12-15/h5-12,14,19-20H,13H2,1-4H3,(H,25,29)(H,26,28)/t19-,20-/m1/s1. The van der Waals surface area contributed by atoms with Gasteiger partial charge in [-0.3, -0.25) is 9.59 Å². The van der Waals surface area contributed by atoms with Crippen molar-refractivity contribution in [2.45, 2.75) is 25.9 Å². The topological polar surface area (TPSA) is 61.4 Å². The molecule has 0 saturated carbocycles. The third-order valence-corrected chi connectivity index (χ3v) is 5.01. The molecule has 2 atom stereocenters. The summed E-state index contributed by atoms with van der Waals surface area (Å²) in [6.45, 7) is 3.99. The van der Waals surface area contributed by atoms with Crippen LogP contribution in [0.4, 0.5) is 4.39 Å². The zero-order valence-electron chi connectivity index (χ0n) is 17.1. The molecule has 0 bridgehead atoms. The highest BCUT2D eigenvalue weighted by Crippen LogP contribution is 2.19. The second kappa shape index (κ2) is 10.4. The Kier molecular flexibility index (Phi) is 8.17. The van der Waals surface area contributed by atoms with Crippen LogP contribution in [-0.2, 0) is 4.79 Å². The summed E-state index contributed by atoms with van der Waals surface area (Å²) in [7, 11) is 3.72. The Morgan fingerprint density at radius 2 is 1.79 bits per heavy atom. The summed E-state index contributed by atoms with van der Waals surface area (Å²) in [5.74, 6) is -1.16. The number of amides is 2. The van der Waals surface area contributed by atoms with Crippen LogP contribution in [0.15, 0.2) is 48.5 Å². The van der Waals surface area contributed by atoms with Gasteiger partial charge >= 0.3 is 0 Å². The molecule has 2 aromatic rings. The van der Waals surface area contributed by atoms with Gasteiger partial charge in [-0.1, -0.05) is 49.7 Å². The second-order valence-corrected chi connectivity index (χ2v) is 7.86. The van der Waals surface area contributed by atoms with Gasteiger partial charge in [0.2, 0.25) is 5.91 Å².